The molecule has 0 spiro atoms. The molecule has 1 aromatic carbocycles. The lowest BCUT2D eigenvalue weighted by Gasteiger charge is -2.35. The first-order chi connectivity index (χ1) is 10.0. The Morgan fingerprint density at radius 3 is 3.05 bits per heavy atom. The summed E-state index contributed by atoms with van der Waals surface area (Å²) in [5.41, 5.74) is 0.667. The summed E-state index contributed by atoms with van der Waals surface area (Å²) in [5, 5.41) is 0.589. The third-order valence-electron chi connectivity index (χ3n) is 4.29. The highest BCUT2D eigenvalue weighted by Crippen LogP contribution is 2.57. The van der Waals surface area contributed by atoms with Crippen molar-refractivity contribution in [2.75, 3.05) is 5.75 Å². The Labute approximate surface area is 131 Å². The molecular weight excluding hydrogens is 308 g/mol. The van der Waals surface area contributed by atoms with E-state index in [0.29, 0.717) is 22.1 Å². The normalized spacial score (nSPS) is 25.8. The van der Waals surface area contributed by atoms with E-state index in [1.807, 2.05) is 31.2 Å². The molecule has 3 heterocycles. The first-order valence-electron chi connectivity index (χ1n) is 6.76. The second-order valence-electron chi connectivity index (χ2n) is 5.61. The van der Waals surface area contributed by atoms with Gasteiger partial charge in [-0.1, -0.05) is 23.7 Å². The predicted molar refractivity (Wildman–Crippen MR) is 82.6 cm³/mol. The highest BCUT2D eigenvalue weighted by molar-refractivity contribution is 7.99. The van der Waals surface area contributed by atoms with Crippen LogP contribution in [-0.2, 0) is 5.60 Å². The lowest BCUT2D eigenvalue weighted by molar-refractivity contribution is 0.0838. The van der Waals surface area contributed by atoms with Gasteiger partial charge in [-0.05, 0) is 26.0 Å². The molecule has 2 aromatic rings. The van der Waals surface area contributed by atoms with Gasteiger partial charge in [-0.3, -0.25) is 0 Å². The summed E-state index contributed by atoms with van der Waals surface area (Å²) in [5.74, 6) is 2.29. The summed E-state index contributed by atoms with van der Waals surface area (Å²) < 4.78 is 11.5. The first kappa shape index (κ1) is 13.3. The molecule has 2 unspecified atom stereocenters. The number of thioether (sulfide) groups is 1. The van der Waals surface area contributed by atoms with E-state index >= 15 is 0 Å². The average molecular weight is 321 g/mol. The van der Waals surface area contributed by atoms with Crippen LogP contribution in [0.3, 0.4) is 0 Å². The van der Waals surface area contributed by atoms with E-state index in [4.69, 9.17) is 20.8 Å². The van der Waals surface area contributed by atoms with Gasteiger partial charge in [-0.15, -0.1) is 11.8 Å². The number of fused-ring (bicyclic) bond motifs is 5. The monoisotopic (exact) mass is 320 g/mol. The number of hydrogen-bond acceptors (Lipinski definition) is 4. The van der Waals surface area contributed by atoms with Crippen molar-refractivity contribution in [2.45, 2.75) is 30.3 Å². The summed E-state index contributed by atoms with van der Waals surface area (Å²) in [4.78, 5) is 13.3. The number of aryl methyl sites for hydroxylation is 1. The minimum Gasteiger partial charge on any atom is -0.480 e. The molecule has 2 atom stereocenters. The van der Waals surface area contributed by atoms with Gasteiger partial charge in [0, 0.05) is 22.1 Å². The lowest BCUT2D eigenvalue weighted by atomic mass is 9.82. The maximum absolute atomic E-state index is 12.4. The van der Waals surface area contributed by atoms with Gasteiger partial charge in [0.1, 0.15) is 17.1 Å². The Kier molecular flexibility index (Phi) is 2.72. The zero-order chi connectivity index (χ0) is 14.8. The van der Waals surface area contributed by atoms with Crippen LogP contribution in [0.25, 0.3) is 0 Å². The molecule has 3 nitrogen and oxygen atoms in total. The predicted octanol–water partition coefficient (Wildman–Crippen LogP) is 4.10. The first-order valence-corrected chi connectivity index (χ1v) is 8.12. The average Bonchev–Trinajstić information content (AvgIpc) is 2.71. The Balaban J connectivity index is 1.97. The van der Waals surface area contributed by atoms with Crippen LogP contribution < -0.4 is 10.4 Å². The van der Waals surface area contributed by atoms with Crippen molar-refractivity contribution in [3.05, 3.63) is 56.6 Å². The molecule has 21 heavy (non-hydrogen) atoms. The summed E-state index contributed by atoms with van der Waals surface area (Å²) in [6.45, 7) is 3.75. The van der Waals surface area contributed by atoms with Crippen molar-refractivity contribution >= 4 is 23.4 Å². The molecule has 5 heteroatoms. The fraction of sp³-hybridized carbons (Fsp3) is 0.312. The Hall–Kier alpha value is -1.39. The van der Waals surface area contributed by atoms with Crippen LogP contribution in [0, 0.1) is 6.92 Å². The van der Waals surface area contributed by atoms with Crippen molar-refractivity contribution < 1.29 is 9.15 Å². The van der Waals surface area contributed by atoms with Crippen LogP contribution in [0.5, 0.6) is 5.75 Å². The second-order valence-corrected chi connectivity index (χ2v) is 7.08. The Morgan fingerprint density at radius 2 is 2.24 bits per heavy atom. The van der Waals surface area contributed by atoms with Gasteiger partial charge in [0.05, 0.1) is 10.6 Å². The third-order valence-corrected chi connectivity index (χ3v) is 5.72. The van der Waals surface area contributed by atoms with E-state index in [2.05, 4.69) is 0 Å². The zero-order valence-corrected chi connectivity index (χ0v) is 13.2. The van der Waals surface area contributed by atoms with Crippen LogP contribution in [0.2, 0.25) is 5.02 Å². The van der Waals surface area contributed by atoms with E-state index in [1.165, 1.54) is 0 Å². The molecule has 0 radical (unpaired) electrons. The zero-order valence-electron chi connectivity index (χ0n) is 11.6. The molecule has 0 aliphatic carbocycles. The van der Waals surface area contributed by atoms with Crippen LogP contribution in [0.4, 0.5) is 0 Å². The summed E-state index contributed by atoms with van der Waals surface area (Å²) in [6, 6.07) is 7.68. The lowest BCUT2D eigenvalue weighted by Crippen LogP contribution is -2.40. The third kappa shape index (κ3) is 1.72. The molecule has 0 amide bonds. The largest absolute Gasteiger partial charge is 0.480 e. The van der Waals surface area contributed by atoms with E-state index in [9.17, 15) is 4.79 Å². The van der Waals surface area contributed by atoms with Crippen molar-refractivity contribution in [1.82, 2.24) is 0 Å². The summed E-state index contributed by atoms with van der Waals surface area (Å²) in [7, 11) is 0. The quantitative estimate of drug-likeness (QED) is 0.732. The molecule has 0 saturated carbocycles. The van der Waals surface area contributed by atoms with Crippen LogP contribution in [-0.4, -0.2) is 5.75 Å². The molecule has 0 fully saturated rings. The number of rotatable bonds is 0. The standard InChI is InChI=1S/C16H13ClO3S/c1-8-6-12-13(15(18)19-8)16(2)10(7-21-12)9-4-3-5-11(17)14(9)20-16/h3-6,10H,7H2,1-2H3. The van der Waals surface area contributed by atoms with E-state index in [1.54, 1.807) is 18.7 Å². The summed E-state index contributed by atoms with van der Waals surface area (Å²) >= 11 is 7.93. The van der Waals surface area contributed by atoms with Crippen molar-refractivity contribution in [3.8, 4) is 5.75 Å². The summed E-state index contributed by atoms with van der Waals surface area (Å²) in [6.07, 6.45) is 0. The highest BCUT2D eigenvalue weighted by Gasteiger charge is 2.52. The van der Waals surface area contributed by atoms with Gasteiger partial charge in [0.2, 0.25) is 0 Å². The number of para-hydroxylation sites is 1. The maximum atomic E-state index is 12.4. The topological polar surface area (TPSA) is 39.4 Å². The van der Waals surface area contributed by atoms with Gasteiger partial charge < -0.3 is 9.15 Å². The molecular formula is C16H13ClO3S. The molecule has 0 bridgehead atoms. The van der Waals surface area contributed by atoms with Gasteiger partial charge in [0.25, 0.3) is 0 Å². The maximum Gasteiger partial charge on any atom is 0.344 e. The van der Waals surface area contributed by atoms with E-state index < -0.39 is 5.60 Å². The fourth-order valence-corrected chi connectivity index (χ4v) is 5.02. The molecule has 108 valence electrons. The number of hydrogen-bond donors (Lipinski definition) is 0. The van der Waals surface area contributed by atoms with Gasteiger partial charge in [-0.25, -0.2) is 4.79 Å². The van der Waals surface area contributed by atoms with Crippen molar-refractivity contribution in [1.29, 1.82) is 0 Å². The van der Waals surface area contributed by atoms with Gasteiger partial charge in [-0.2, -0.15) is 0 Å². The number of halogens is 1. The van der Waals surface area contributed by atoms with Crippen molar-refractivity contribution in [2.24, 2.45) is 0 Å². The molecule has 0 saturated heterocycles. The van der Waals surface area contributed by atoms with Crippen LogP contribution in [0.15, 0.2) is 38.4 Å². The van der Waals surface area contributed by atoms with Crippen LogP contribution in [0.1, 0.15) is 29.7 Å². The highest BCUT2D eigenvalue weighted by atomic mass is 35.5. The smallest absolute Gasteiger partial charge is 0.344 e. The number of ether oxygens (including phenoxy) is 1. The molecule has 2 aliphatic rings. The number of benzene rings is 1. The molecule has 0 N–H and O–H groups in total. The van der Waals surface area contributed by atoms with E-state index in [-0.39, 0.29) is 11.5 Å². The van der Waals surface area contributed by atoms with Crippen LogP contribution >= 0.6 is 23.4 Å². The van der Waals surface area contributed by atoms with E-state index in [0.717, 1.165) is 16.2 Å². The van der Waals surface area contributed by atoms with Gasteiger partial charge >= 0.3 is 5.63 Å². The SMILES string of the molecule is Cc1cc2c(c(=O)o1)C1(C)Oc3c(Cl)cccc3C1CS2. The minimum atomic E-state index is -0.706. The Bertz CT molecular complexity index is 814. The van der Waals surface area contributed by atoms with Crippen molar-refractivity contribution in [3.63, 3.8) is 0 Å². The molecule has 4 rings (SSSR count). The fourth-order valence-electron chi connectivity index (χ4n) is 3.28. The minimum absolute atomic E-state index is 0.106. The molecule has 2 aliphatic heterocycles. The second kappa shape index (κ2) is 4.31. The van der Waals surface area contributed by atoms with Gasteiger partial charge in [0.15, 0.2) is 0 Å². The molecule has 1 aromatic heterocycles. The Morgan fingerprint density at radius 1 is 1.43 bits per heavy atom.